The van der Waals surface area contributed by atoms with Gasteiger partial charge in [0.05, 0.1) is 0 Å². The van der Waals surface area contributed by atoms with Crippen molar-refractivity contribution < 1.29 is 0 Å². The summed E-state index contributed by atoms with van der Waals surface area (Å²) >= 11 is 0. The van der Waals surface area contributed by atoms with E-state index < -0.39 is 0 Å². The second-order valence-electron chi connectivity index (χ2n) is 4.90. The van der Waals surface area contributed by atoms with Gasteiger partial charge in [0, 0.05) is 31.2 Å². The minimum absolute atomic E-state index is 1.18. The fourth-order valence-electron chi connectivity index (χ4n) is 2.44. The number of aromatic nitrogens is 1. The van der Waals surface area contributed by atoms with Gasteiger partial charge < -0.3 is 4.90 Å². The van der Waals surface area contributed by atoms with Gasteiger partial charge in [-0.3, -0.25) is 4.98 Å². The number of pyridine rings is 1. The van der Waals surface area contributed by atoms with Gasteiger partial charge in [-0.05, 0) is 48.2 Å². The van der Waals surface area contributed by atoms with Crippen molar-refractivity contribution in [2.45, 2.75) is 12.8 Å². The van der Waals surface area contributed by atoms with Gasteiger partial charge in [0.15, 0.2) is 0 Å². The van der Waals surface area contributed by atoms with E-state index in [-0.39, 0.29) is 0 Å². The van der Waals surface area contributed by atoms with E-state index >= 15 is 0 Å². The Morgan fingerprint density at radius 1 is 0.789 bits per heavy atom. The number of nitrogens with zero attached hydrogens (tertiary/aromatic N) is 2. The highest BCUT2D eigenvalue weighted by Crippen LogP contribution is 2.21. The molecule has 1 saturated heterocycles. The van der Waals surface area contributed by atoms with E-state index in [2.05, 4.69) is 46.3 Å². The van der Waals surface area contributed by atoms with Gasteiger partial charge in [0.1, 0.15) is 0 Å². The molecule has 2 heterocycles. The molecule has 1 aromatic heterocycles. The first-order valence-electron chi connectivity index (χ1n) is 6.85. The van der Waals surface area contributed by atoms with Crippen molar-refractivity contribution in [1.29, 1.82) is 0 Å². The number of hydrogen-bond donors (Lipinski definition) is 0. The normalized spacial score (nSPS) is 15.3. The number of hydrogen-bond acceptors (Lipinski definition) is 2. The summed E-state index contributed by atoms with van der Waals surface area (Å²) in [6, 6.07) is 12.8. The van der Waals surface area contributed by atoms with Gasteiger partial charge in [-0.15, -0.1) is 0 Å². The number of rotatable bonds is 3. The zero-order valence-corrected chi connectivity index (χ0v) is 11.0. The zero-order chi connectivity index (χ0) is 12.9. The van der Waals surface area contributed by atoms with Crippen molar-refractivity contribution in [2.75, 3.05) is 18.0 Å². The lowest BCUT2D eigenvalue weighted by Crippen LogP contribution is -2.17. The summed E-state index contributed by atoms with van der Waals surface area (Å²) in [4.78, 5) is 6.47. The Labute approximate surface area is 114 Å². The Hall–Kier alpha value is -2.09. The van der Waals surface area contributed by atoms with E-state index in [0.717, 1.165) is 0 Å². The minimum atomic E-state index is 1.18. The van der Waals surface area contributed by atoms with Crippen LogP contribution >= 0.6 is 0 Å². The van der Waals surface area contributed by atoms with E-state index in [1.165, 1.54) is 42.7 Å². The molecular weight excluding hydrogens is 232 g/mol. The van der Waals surface area contributed by atoms with Crippen molar-refractivity contribution in [1.82, 2.24) is 4.98 Å². The Bertz CT molecular complexity index is 537. The predicted molar refractivity (Wildman–Crippen MR) is 81.1 cm³/mol. The third-order valence-electron chi connectivity index (χ3n) is 3.54. The van der Waals surface area contributed by atoms with E-state index in [0.29, 0.717) is 0 Å². The van der Waals surface area contributed by atoms with Crippen molar-refractivity contribution in [3.8, 4) is 0 Å². The molecule has 2 aromatic rings. The molecule has 1 aliphatic rings. The van der Waals surface area contributed by atoms with Gasteiger partial charge in [0.2, 0.25) is 0 Å². The summed E-state index contributed by atoms with van der Waals surface area (Å²) in [6.45, 7) is 2.40. The van der Waals surface area contributed by atoms with Crippen molar-refractivity contribution in [2.24, 2.45) is 0 Å². The first kappa shape index (κ1) is 12.0. The van der Waals surface area contributed by atoms with Crippen molar-refractivity contribution in [3.05, 3.63) is 59.9 Å². The first-order chi connectivity index (χ1) is 9.42. The molecule has 0 radical (unpaired) electrons. The molecule has 1 fully saturated rings. The molecule has 0 bridgehead atoms. The van der Waals surface area contributed by atoms with Crippen LogP contribution in [-0.4, -0.2) is 18.1 Å². The van der Waals surface area contributed by atoms with Crippen LogP contribution in [-0.2, 0) is 0 Å². The summed E-state index contributed by atoms with van der Waals surface area (Å²) in [5.74, 6) is 0. The third kappa shape index (κ3) is 3.02. The van der Waals surface area contributed by atoms with Gasteiger partial charge in [0.25, 0.3) is 0 Å². The van der Waals surface area contributed by atoms with Gasteiger partial charge in [-0.25, -0.2) is 0 Å². The molecule has 0 saturated carbocycles. The predicted octanol–water partition coefficient (Wildman–Crippen LogP) is 3.85. The molecule has 0 unspecified atom stereocenters. The molecule has 96 valence electrons. The summed E-state index contributed by atoms with van der Waals surface area (Å²) in [5.41, 5.74) is 3.76. The van der Waals surface area contributed by atoms with Crippen LogP contribution in [0.5, 0.6) is 0 Å². The SMILES string of the molecule is C(=Cc1ccc(N2CCCC2)cc1)c1ccncc1. The Balaban J connectivity index is 1.70. The Morgan fingerprint density at radius 2 is 1.37 bits per heavy atom. The molecule has 19 heavy (non-hydrogen) atoms. The molecule has 1 aromatic carbocycles. The number of benzene rings is 1. The quantitative estimate of drug-likeness (QED) is 0.822. The molecule has 2 heteroatoms. The Kier molecular flexibility index (Phi) is 3.59. The summed E-state index contributed by atoms with van der Waals surface area (Å²) < 4.78 is 0. The van der Waals surface area contributed by atoms with Crippen LogP contribution in [0, 0.1) is 0 Å². The fraction of sp³-hybridized carbons (Fsp3) is 0.235. The van der Waals surface area contributed by atoms with Crippen LogP contribution in [0.2, 0.25) is 0 Å². The maximum absolute atomic E-state index is 4.02. The standard InChI is InChI=1S/C17H18N2/c1-2-14-19(13-1)17-7-5-15(6-8-17)3-4-16-9-11-18-12-10-16/h3-12H,1-2,13-14H2. The van der Waals surface area contributed by atoms with Crippen LogP contribution in [0.3, 0.4) is 0 Å². The van der Waals surface area contributed by atoms with Crippen LogP contribution in [0.4, 0.5) is 5.69 Å². The maximum Gasteiger partial charge on any atom is 0.0366 e. The van der Waals surface area contributed by atoms with E-state index in [1.54, 1.807) is 0 Å². The highest BCUT2D eigenvalue weighted by molar-refractivity contribution is 5.70. The van der Waals surface area contributed by atoms with Crippen molar-refractivity contribution in [3.63, 3.8) is 0 Å². The lowest BCUT2D eigenvalue weighted by atomic mass is 10.1. The molecule has 0 N–H and O–H groups in total. The lowest BCUT2D eigenvalue weighted by molar-refractivity contribution is 0.949. The topological polar surface area (TPSA) is 16.1 Å². The van der Waals surface area contributed by atoms with Crippen LogP contribution in [0.15, 0.2) is 48.8 Å². The second-order valence-corrected chi connectivity index (χ2v) is 4.90. The molecule has 3 rings (SSSR count). The molecule has 0 aliphatic carbocycles. The fourth-order valence-corrected chi connectivity index (χ4v) is 2.44. The summed E-state index contributed by atoms with van der Waals surface area (Å²) in [6.07, 6.45) is 10.5. The van der Waals surface area contributed by atoms with Gasteiger partial charge >= 0.3 is 0 Å². The monoisotopic (exact) mass is 250 g/mol. The molecular formula is C17H18N2. The van der Waals surface area contributed by atoms with Crippen LogP contribution in [0.25, 0.3) is 12.2 Å². The van der Waals surface area contributed by atoms with Crippen LogP contribution < -0.4 is 4.90 Å². The maximum atomic E-state index is 4.02. The smallest absolute Gasteiger partial charge is 0.0366 e. The van der Waals surface area contributed by atoms with Gasteiger partial charge in [-0.1, -0.05) is 24.3 Å². The third-order valence-corrected chi connectivity index (χ3v) is 3.54. The van der Waals surface area contributed by atoms with E-state index in [4.69, 9.17) is 0 Å². The largest absolute Gasteiger partial charge is 0.372 e. The summed E-state index contributed by atoms with van der Waals surface area (Å²) in [5, 5.41) is 0. The molecule has 0 spiro atoms. The molecule has 2 nitrogen and oxygen atoms in total. The molecule has 1 aliphatic heterocycles. The molecule has 0 amide bonds. The molecule has 0 atom stereocenters. The van der Waals surface area contributed by atoms with Crippen LogP contribution in [0.1, 0.15) is 24.0 Å². The number of anilines is 1. The lowest BCUT2D eigenvalue weighted by Gasteiger charge is -2.17. The average molecular weight is 250 g/mol. The van der Waals surface area contributed by atoms with E-state index in [9.17, 15) is 0 Å². The highest BCUT2D eigenvalue weighted by atomic mass is 15.1. The van der Waals surface area contributed by atoms with Gasteiger partial charge in [-0.2, -0.15) is 0 Å². The minimum Gasteiger partial charge on any atom is -0.372 e. The highest BCUT2D eigenvalue weighted by Gasteiger charge is 2.11. The van der Waals surface area contributed by atoms with E-state index in [1.807, 2.05) is 24.5 Å². The van der Waals surface area contributed by atoms with Crippen molar-refractivity contribution >= 4 is 17.8 Å². The first-order valence-corrected chi connectivity index (χ1v) is 6.85. The summed E-state index contributed by atoms with van der Waals surface area (Å²) in [7, 11) is 0. The Morgan fingerprint density at radius 3 is 2.00 bits per heavy atom. The second kappa shape index (κ2) is 5.70. The zero-order valence-electron chi connectivity index (χ0n) is 11.0. The average Bonchev–Trinajstić information content (AvgIpc) is 3.01.